The van der Waals surface area contributed by atoms with Gasteiger partial charge >= 0.3 is 0 Å². The average Bonchev–Trinajstić information content (AvgIpc) is 2.56. The van der Waals surface area contributed by atoms with E-state index in [1.807, 2.05) is 30.3 Å². The van der Waals surface area contributed by atoms with Crippen LogP contribution in [0, 0.1) is 0 Å². The van der Waals surface area contributed by atoms with Gasteiger partial charge in [0.1, 0.15) is 5.75 Å². The van der Waals surface area contributed by atoms with Crippen LogP contribution < -0.4 is 15.6 Å². The zero-order valence-corrected chi connectivity index (χ0v) is 12.6. The van der Waals surface area contributed by atoms with Crippen molar-refractivity contribution in [3.63, 3.8) is 0 Å². The second-order valence-corrected chi connectivity index (χ2v) is 5.17. The van der Waals surface area contributed by atoms with Crippen molar-refractivity contribution in [1.82, 2.24) is 10.2 Å². The number of aromatic nitrogens is 2. The van der Waals surface area contributed by atoms with Gasteiger partial charge in [-0.15, -0.1) is 0 Å². The predicted molar refractivity (Wildman–Crippen MR) is 87.7 cm³/mol. The first kappa shape index (κ1) is 14.4. The fourth-order valence-electron chi connectivity index (χ4n) is 2.23. The van der Waals surface area contributed by atoms with Crippen LogP contribution in [0.4, 0.5) is 5.69 Å². The van der Waals surface area contributed by atoms with Crippen LogP contribution in [-0.4, -0.2) is 17.3 Å². The van der Waals surface area contributed by atoms with E-state index in [0.29, 0.717) is 17.3 Å². The third-order valence-corrected chi connectivity index (χ3v) is 3.66. The lowest BCUT2D eigenvalue weighted by molar-refractivity contribution is 0.414. The fourth-order valence-corrected chi connectivity index (χ4v) is 2.44. The topological polar surface area (TPSA) is 67.0 Å². The average molecular weight is 316 g/mol. The lowest BCUT2D eigenvalue weighted by atomic mass is 10.1. The number of nitrogens with one attached hydrogen (secondary N) is 2. The molecule has 0 atom stereocenters. The second kappa shape index (κ2) is 6.07. The van der Waals surface area contributed by atoms with Gasteiger partial charge < -0.3 is 10.1 Å². The Morgan fingerprint density at radius 1 is 1.23 bits per heavy atom. The molecule has 22 heavy (non-hydrogen) atoms. The maximum atomic E-state index is 11.8. The Kier molecular flexibility index (Phi) is 3.98. The molecule has 0 bridgehead atoms. The SMILES string of the molecule is COc1cccc(CNc2ccc3c(Cl)n[nH]c(=O)c3c2)c1. The van der Waals surface area contributed by atoms with Gasteiger partial charge in [0.25, 0.3) is 5.56 Å². The van der Waals surface area contributed by atoms with Crippen LogP contribution >= 0.6 is 11.6 Å². The molecule has 2 aromatic carbocycles. The largest absolute Gasteiger partial charge is 0.497 e. The van der Waals surface area contributed by atoms with Crippen molar-refractivity contribution in [2.45, 2.75) is 6.54 Å². The Balaban J connectivity index is 1.85. The van der Waals surface area contributed by atoms with Crippen LogP contribution in [0.1, 0.15) is 5.56 Å². The summed E-state index contributed by atoms with van der Waals surface area (Å²) < 4.78 is 5.20. The van der Waals surface area contributed by atoms with Gasteiger partial charge in [0.05, 0.1) is 12.5 Å². The van der Waals surface area contributed by atoms with Gasteiger partial charge in [-0.05, 0) is 35.9 Å². The lowest BCUT2D eigenvalue weighted by Gasteiger charge is -2.09. The quantitative estimate of drug-likeness (QED) is 0.776. The number of fused-ring (bicyclic) bond motifs is 1. The highest BCUT2D eigenvalue weighted by Gasteiger charge is 2.05. The number of H-pyrrole nitrogens is 1. The molecule has 0 radical (unpaired) electrons. The van der Waals surface area contributed by atoms with Crippen LogP contribution in [0.15, 0.2) is 47.3 Å². The molecular formula is C16H14ClN3O2. The third-order valence-electron chi connectivity index (χ3n) is 3.37. The van der Waals surface area contributed by atoms with Gasteiger partial charge in [-0.25, -0.2) is 5.10 Å². The summed E-state index contributed by atoms with van der Waals surface area (Å²) in [5.41, 5.74) is 1.66. The monoisotopic (exact) mass is 315 g/mol. The molecule has 1 heterocycles. The predicted octanol–water partition coefficient (Wildman–Crippen LogP) is 3.20. The van der Waals surface area contributed by atoms with E-state index in [1.165, 1.54) is 0 Å². The van der Waals surface area contributed by atoms with Gasteiger partial charge in [0, 0.05) is 17.6 Å². The number of rotatable bonds is 4. The van der Waals surface area contributed by atoms with Crippen LogP contribution in [0.2, 0.25) is 5.15 Å². The number of anilines is 1. The normalized spacial score (nSPS) is 10.6. The van der Waals surface area contributed by atoms with E-state index in [4.69, 9.17) is 16.3 Å². The Bertz CT molecular complexity index is 877. The number of halogens is 1. The van der Waals surface area contributed by atoms with Crippen molar-refractivity contribution >= 4 is 28.1 Å². The van der Waals surface area contributed by atoms with Crippen molar-refractivity contribution in [2.75, 3.05) is 12.4 Å². The first-order valence-electron chi connectivity index (χ1n) is 6.72. The van der Waals surface area contributed by atoms with Gasteiger partial charge in [0.15, 0.2) is 5.15 Å². The molecule has 0 saturated heterocycles. The summed E-state index contributed by atoms with van der Waals surface area (Å²) in [5.74, 6) is 0.812. The highest BCUT2D eigenvalue weighted by Crippen LogP contribution is 2.22. The van der Waals surface area contributed by atoms with Crippen molar-refractivity contribution < 1.29 is 4.74 Å². The van der Waals surface area contributed by atoms with E-state index < -0.39 is 0 Å². The molecular weight excluding hydrogens is 302 g/mol. The number of aromatic amines is 1. The van der Waals surface area contributed by atoms with E-state index in [-0.39, 0.29) is 10.7 Å². The summed E-state index contributed by atoms with van der Waals surface area (Å²) in [6.45, 7) is 0.624. The van der Waals surface area contributed by atoms with Crippen molar-refractivity contribution in [1.29, 1.82) is 0 Å². The molecule has 2 N–H and O–H groups in total. The van der Waals surface area contributed by atoms with Gasteiger partial charge in [-0.3, -0.25) is 4.79 Å². The molecule has 1 aromatic heterocycles. The molecule has 0 unspecified atom stereocenters. The summed E-state index contributed by atoms with van der Waals surface area (Å²) in [4.78, 5) is 11.8. The molecule has 6 heteroatoms. The zero-order valence-electron chi connectivity index (χ0n) is 11.9. The van der Waals surface area contributed by atoms with Gasteiger partial charge in [0.2, 0.25) is 0 Å². The van der Waals surface area contributed by atoms with E-state index >= 15 is 0 Å². The molecule has 0 amide bonds. The summed E-state index contributed by atoms with van der Waals surface area (Å²) >= 11 is 5.97. The minimum Gasteiger partial charge on any atom is -0.497 e. The van der Waals surface area contributed by atoms with Crippen molar-refractivity contribution in [3.05, 3.63) is 63.5 Å². The van der Waals surface area contributed by atoms with Crippen LogP contribution in [0.5, 0.6) is 5.75 Å². The molecule has 5 nitrogen and oxygen atoms in total. The Labute approximate surface area is 131 Å². The summed E-state index contributed by atoms with van der Waals surface area (Å²) in [5, 5.41) is 10.8. The maximum absolute atomic E-state index is 11.8. The smallest absolute Gasteiger partial charge is 0.272 e. The van der Waals surface area contributed by atoms with E-state index in [1.54, 1.807) is 19.2 Å². The maximum Gasteiger partial charge on any atom is 0.272 e. The Hall–Kier alpha value is -2.53. The standard InChI is InChI=1S/C16H14ClN3O2/c1-22-12-4-2-3-10(7-12)9-18-11-5-6-13-14(8-11)16(21)20-19-15(13)17/h2-8,18H,9H2,1H3,(H,20,21). The molecule has 3 rings (SSSR count). The number of hydrogen-bond donors (Lipinski definition) is 2. The summed E-state index contributed by atoms with van der Waals surface area (Å²) in [6.07, 6.45) is 0. The van der Waals surface area contributed by atoms with Crippen LogP contribution in [0.3, 0.4) is 0 Å². The first-order valence-corrected chi connectivity index (χ1v) is 7.10. The van der Waals surface area contributed by atoms with E-state index in [9.17, 15) is 4.79 Å². The van der Waals surface area contributed by atoms with Crippen molar-refractivity contribution in [2.24, 2.45) is 0 Å². The molecule has 0 aliphatic rings. The number of methoxy groups -OCH3 is 1. The number of nitrogens with zero attached hydrogens (tertiary/aromatic N) is 1. The Morgan fingerprint density at radius 3 is 2.91 bits per heavy atom. The highest BCUT2D eigenvalue weighted by molar-refractivity contribution is 6.34. The second-order valence-electron chi connectivity index (χ2n) is 4.81. The summed E-state index contributed by atoms with van der Waals surface area (Å²) in [6, 6.07) is 13.2. The summed E-state index contributed by atoms with van der Waals surface area (Å²) in [7, 11) is 1.64. The van der Waals surface area contributed by atoms with E-state index in [2.05, 4.69) is 15.5 Å². The molecule has 0 aliphatic carbocycles. The molecule has 0 spiro atoms. The molecule has 112 valence electrons. The third kappa shape index (κ3) is 2.89. The molecule has 0 aliphatic heterocycles. The molecule has 3 aromatic rings. The van der Waals surface area contributed by atoms with Gasteiger partial charge in [-0.1, -0.05) is 23.7 Å². The highest BCUT2D eigenvalue weighted by atomic mass is 35.5. The zero-order chi connectivity index (χ0) is 15.5. The van der Waals surface area contributed by atoms with E-state index in [0.717, 1.165) is 17.0 Å². The van der Waals surface area contributed by atoms with Crippen molar-refractivity contribution in [3.8, 4) is 5.75 Å². The van der Waals surface area contributed by atoms with Crippen LogP contribution in [0.25, 0.3) is 10.8 Å². The number of ether oxygens (including phenoxy) is 1. The number of hydrogen-bond acceptors (Lipinski definition) is 4. The first-order chi connectivity index (χ1) is 10.7. The Morgan fingerprint density at radius 2 is 2.09 bits per heavy atom. The minimum atomic E-state index is -0.260. The number of benzene rings is 2. The van der Waals surface area contributed by atoms with Gasteiger partial charge in [-0.2, -0.15) is 5.10 Å². The fraction of sp³-hybridized carbons (Fsp3) is 0.125. The molecule has 0 saturated carbocycles. The lowest BCUT2D eigenvalue weighted by Crippen LogP contribution is -2.09. The minimum absolute atomic E-state index is 0.260. The van der Waals surface area contributed by atoms with Crippen LogP contribution in [-0.2, 0) is 6.54 Å². The molecule has 0 fully saturated rings.